The maximum absolute atomic E-state index is 5.58. The van der Waals surface area contributed by atoms with Crippen molar-refractivity contribution in [3.8, 4) is 0 Å². The van der Waals surface area contributed by atoms with E-state index in [0.717, 1.165) is 35.4 Å². The van der Waals surface area contributed by atoms with Crippen LogP contribution in [0.1, 0.15) is 19.5 Å². The second kappa shape index (κ2) is 5.23. The van der Waals surface area contributed by atoms with Crippen molar-refractivity contribution >= 4 is 22.3 Å². The molecule has 0 bridgehead atoms. The molecule has 0 aliphatic carbocycles. The Morgan fingerprint density at radius 1 is 1.22 bits per heavy atom. The van der Waals surface area contributed by atoms with Gasteiger partial charge in [0, 0.05) is 29.9 Å². The lowest BCUT2D eigenvalue weighted by atomic mass is 10.1. The van der Waals surface area contributed by atoms with Gasteiger partial charge in [-0.3, -0.25) is 10.8 Å². The van der Waals surface area contributed by atoms with Gasteiger partial charge in [0.05, 0.1) is 11.2 Å². The van der Waals surface area contributed by atoms with Gasteiger partial charge in [-0.05, 0) is 45.0 Å². The minimum Gasteiger partial charge on any atom is -0.372 e. The van der Waals surface area contributed by atoms with Crippen LogP contribution in [0.2, 0.25) is 0 Å². The molecule has 0 aliphatic rings. The Hall–Kier alpha value is -1.81. The van der Waals surface area contributed by atoms with Crippen molar-refractivity contribution in [2.75, 3.05) is 23.4 Å². The van der Waals surface area contributed by atoms with Crippen LogP contribution in [0.15, 0.2) is 24.3 Å². The van der Waals surface area contributed by atoms with Gasteiger partial charge in [0.1, 0.15) is 0 Å². The van der Waals surface area contributed by atoms with Gasteiger partial charge in [-0.15, -0.1) is 0 Å². The number of nitrogens with one attached hydrogen (secondary N) is 1. The topological polar surface area (TPSA) is 54.2 Å². The zero-order valence-electron chi connectivity index (χ0n) is 11.2. The van der Waals surface area contributed by atoms with E-state index < -0.39 is 0 Å². The average molecular weight is 244 g/mol. The van der Waals surface area contributed by atoms with E-state index in [1.807, 2.05) is 13.0 Å². The molecule has 1 aromatic heterocycles. The summed E-state index contributed by atoms with van der Waals surface area (Å²) in [7, 11) is 0. The van der Waals surface area contributed by atoms with Gasteiger partial charge in [0.2, 0.25) is 0 Å². The number of hydrogen-bond acceptors (Lipinski definition) is 4. The van der Waals surface area contributed by atoms with Crippen molar-refractivity contribution in [2.45, 2.75) is 20.8 Å². The van der Waals surface area contributed by atoms with E-state index in [1.165, 1.54) is 5.69 Å². The van der Waals surface area contributed by atoms with Crippen molar-refractivity contribution in [3.63, 3.8) is 0 Å². The van der Waals surface area contributed by atoms with E-state index in [1.54, 1.807) is 0 Å². The fraction of sp³-hybridized carbons (Fsp3) is 0.357. The Morgan fingerprint density at radius 3 is 2.56 bits per heavy atom. The van der Waals surface area contributed by atoms with Gasteiger partial charge in [0.15, 0.2) is 0 Å². The number of anilines is 2. The van der Waals surface area contributed by atoms with Crippen molar-refractivity contribution in [3.05, 3.63) is 30.0 Å². The summed E-state index contributed by atoms with van der Waals surface area (Å²) in [6.45, 7) is 8.27. The number of aryl methyl sites for hydroxylation is 1. The first-order valence-corrected chi connectivity index (χ1v) is 6.32. The smallest absolute Gasteiger partial charge is 0.0727 e. The van der Waals surface area contributed by atoms with Crippen LogP contribution >= 0.6 is 0 Å². The van der Waals surface area contributed by atoms with E-state index >= 15 is 0 Å². The molecule has 18 heavy (non-hydrogen) atoms. The fourth-order valence-electron chi connectivity index (χ4n) is 2.25. The Labute approximate surface area is 108 Å². The number of rotatable bonds is 4. The molecule has 0 saturated heterocycles. The van der Waals surface area contributed by atoms with Crippen LogP contribution in [0.3, 0.4) is 0 Å². The van der Waals surface area contributed by atoms with Crippen LogP contribution in [-0.4, -0.2) is 18.1 Å². The molecule has 1 aromatic carbocycles. The lowest BCUT2D eigenvalue weighted by Crippen LogP contribution is -2.21. The third kappa shape index (κ3) is 2.24. The zero-order chi connectivity index (χ0) is 13.1. The predicted octanol–water partition coefficient (Wildman–Crippen LogP) is 2.68. The monoisotopic (exact) mass is 244 g/mol. The largest absolute Gasteiger partial charge is 0.372 e. The summed E-state index contributed by atoms with van der Waals surface area (Å²) in [5.74, 6) is 5.58. The normalized spacial score (nSPS) is 10.7. The van der Waals surface area contributed by atoms with Crippen LogP contribution in [-0.2, 0) is 0 Å². The number of fused-ring (bicyclic) bond motifs is 1. The molecule has 1 heterocycles. The molecule has 96 valence electrons. The first kappa shape index (κ1) is 12.6. The Bertz CT molecular complexity index is 547. The summed E-state index contributed by atoms with van der Waals surface area (Å²) in [5, 5.41) is 1.06. The van der Waals surface area contributed by atoms with Crippen molar-refractivity contribution in [1.29, 1.82) is 0 Å². The minimum atomic E-state index is 0.923. The fourth-order valence-corrected chi connectivity index (χ4v) is 2.25. The van der Waals surface area contributed by atoms with Gasteiger partial charge in [0.25, 0.3) is 0 Å². The summed E-state index contributed by atoms with van der Waals surface area (Å²) in [4.78, 5) is 6.83. The van der Waals surface area contributed by atoms with E-state index in [0.29, 0.717) is 0 Å². The highest BCUT2D eigenvalue weighted by Crippen LogP contribution is 2.27. The summed E-state index contributed by atoms with van der Waals surface area (Å²) in [6, 6.07) is 8.28. The van der Waals surface area contributed by atoms with Gasteiger partial charge in [-0.1, -0.05) is 0 Å². The minimum absolute atomic E-state index is 0.923. The SMILES string of the molecule is CCN(CC)c1ccc2nc(C)cc(NN)c2c1. The van der Waals surface area contributed by atoms with E-state index in [9.17, 15) is 0 Å². The van der Waals surface area contributed by atoms with E-state index in [2.05, 4.69) is 47.4 Å². The number of nitrogen functional groups attached to an aromatic ring is 1. The number of aromatic nitrogens is 1. The maximum Gasteiger partial charge on any atom is 0.0727 e. The standard InChI is InChI=1S/C14H20N4/c1-4-18(5-2)11-6-7-13-12(9-11)14(17-15)8-10(3)16-13/h6-9H,4-5,15H2,1-3H3,(H,16,17). The maximum atomic E-state index is 5.58. The quantitative estimate of drug-likeness (QED) is 0.641. The molecular formula is C14H20N4. The molecule has 0 unspecified atom stereocenters. The zero-order valence-corrected chi connectivity index (χ0v) is 11.2. The molecule has 0 radical (unpaired) electrons. The molecule has 3 N–H and O–H groups in total. The summed E-state index contributed by atoms with van der Waals surface area (Å²) >= 11 is 0. The number of pyridine rings is 1. The molecule has 2 rings (SSSR count). The van der Waals surface area contributed by atoms with Crippen molar-refractivity contribution < 1.29 is 0 Å². The predicted molar refractivity (Wildman–Crippen MR) is 77.9 cm³/mol. The number of nitrogens with two attached hydrogens (primary N) is 1. The third-order valence-corrected chi connectivity index (χ3v) is 3.20. The van der Waals surface area contributed by atoms with Crippen LogP contribution in [0.5, 0.6) is 0 Å². The van der Waals surface area contributed by atoms with Crippen LogP contribution in [0, 0.1) is 6.92 Å². The second-order valence-electron chi connectivity index (χ2n) is 4.33. The molecule has 0 atom stereocenters. The Kier molecular flexibility index (Phi) is 3.67. The number of hydrazine groups is 1. The number of benzene rings is 1. The van der Waals surface area contributed by atoms with Gasteiger partial charge in [-0.25, -0.2) is 0 Å². The molecule has 2 aromatic rings. The third-order valence-electron chi connectivity index (χ3n) is 3.20. The Balaban J connectivity index is 2.59. The van der Waals surface area contributed by atoms with Gasteiger partial charge in [-0.2, -0.15) is 0 Å². The average Bonchev–Trinajstić information content (AvgIpc) is 2.39. The Morgan fingerprint density at radius 2 is 1.94 bits per heavy atom. The molecule has 0 saturated carbocycles. The first-order valence-electron chi connectivity index (χ1n) is 6.32. The highest BCUT2D eigenvalue weighted by Gasteiger charge is 2.07. The molecule has 4 heteroatoms. The lowest BCUT2D eigenvalue weighted by molar-refractivity contribution is 0.867. The van der Waals surface area contributed by atoms with Crippen molar-refractivity contribution in [2.24, 2.45) is 5.84 Å². The van der Waals surface area contributed by atoms with Gasteiger partial charge >= 0.3 is 0 Å². The lowest BCUT2D eigenvalue weighted by Gasteiger charge is -2.21. The molecule has 4 nitrogen and oxygen atoms in total. The number of nitrogens with zero attached hydrogens (tertiary/aromatic N) is 2. The summed E-state index contributed by atoms with van der Waals surface area (Å²) < 4.78 is 0. The molecular weight excluding hydrogens is 224 g/mol. The molecule has 0 amide bonds. The van der Waals surface area contributed by atoms with Crippen LogP contribution in [0.25, 0.3) is 10.9 Å². The summed E-state index contributed by atoms with van der Waals surface area (Å²) in [5.41, 5.74) is 6.82. The van der Waals surface area contributed by atoms with E-state index in [-0.39, 0.29) is 0 Å². The molecule has 0 aliphatic heterocycles. The highest BCUT2D eigenvalue weighted by atomic mass is 15.2. The molecule has 0 fully saturated rings. The van der Waals surface area contributed by atoms with Gasteiger partial charge < -0.3 is 10.3 Å². The van der Waals surface area contributed by atoms with Crippen LogP contribution in [0.4, 0.5) is 11.4 Å². The first-order chi connectivity index (χ1) is 8.69. The van der Waals surface area contributed by atoms with E-state index in [4.69, 9.17) is 5.84 Å². The molecule has 0 spiro atoms. The van der Waals surface area contributed by atoms with Crippen molar-refractivity contribution in [1.82, 2.24) is 4.98 Å². The number of hydrogen-bond donors (Lipinski definition) is 2. The summed E-state index contributed by atoms with van der Waals surface area (Å²) in [6.07, 6.45) is 0. The highest BCUT2D eigenvalue weighted by molar-refractivity contribution is 5.93. The van der Waals surface area contributed by atoms with Crippen LogP contribution < -0.4 is 16.2 Å². The second-order valence-corrected chi connectivity index (χ2v) is 4.33.